The number of hydrogen-bond acceptors (Lipinski definition) is 4. The first-order chi connectivity index (χ1) is 5.88. The largest absolute Gasteiger partial charge is 0.326 e. The van der Waals surface area contributed by atoms with Crippen molar-refractivity contribution in [2.45, 2.75) is 0 Å². The summed E-state index contributed by atoms with van der Waals surface area (Å²) in [6.07, 6.45) is 1.93. The highest BCUT2D eigenvalue weighted by molar-refractivity contribution is 5.74. The Kier molecular flexibility index (Phi) is 2.77. The summed E-state index contributed by atoms with van der Waals surface area (Å²) in [5, 5.41) is 9.54. The lowest BCUT2D eigenvalue weighted by Crippen LogP contribution is -1.94. The molecule has 1 aromatic rings. The van der Waals surface area contributed by atoms with Crippen LogP contribution in [0.5, 0.6) is 0 Å². The number of nitrogens with zero attached hydrogens (tertiary/aromatic N) is 3. The van der Waals surface area contributed by atoms with Gasteiger partial charge in [-0.15, -0.1) is 5.11 Å². The van der Waals surface area contributed by atoms with Crippen molar-refractivity contribution < 1.29 is 4.79 Å². The number of amides is 1. The fourth-order valence-corrected chi connectivity index (χ4v) is 0.625. The molecule has 1 amide bonds. The number of anilines is 1. The van der Waals surface area contributed by atoms with Crippen LogP contribution in [0.15, 0.2) is 16.7 Å². The first-order valence-corrected chi connectivity index (χ1v) is 3.19. The molecule has 64 valence electrons. The lowest BCUT2D eigenvalue weighted by molar-refractivity contribution is -0.105. The molecule has 7 heteroatoms. The first kappa shape index (κ1) is 8.18. The average molecular weight is 168 g/mol. The molecule has 0 spiro atoms. The minimum Gasteiger partial charge on any atom is -0.326 e. The maximum Gasteiger partial charge on any atom is 0.212 e. The third kappa shape index (κ3) is 1.78. The molecular weight excluding hydrogens is 160 g/mol. The van der Waals surface area contributed by atoms with Gasteiger partial charge in [-0.05, 0) is 0 Å². The van der Waals surface area contributed by atoms with E-state index in [9.17, 15) is 4.79 Å². The lowest BCUT2D eigenvalue weighted by atomic mass is 10.6. The fraction of sp³-hybridized carbons (Fsp3) is 0.200. The van der Waals surface area contributed by atoms with Crippen molar-refractivity contribution in [3.8, 4) is 0 Å². The van der Waals surface area contributed by atoms with Crippen LogP contribution in [0.25, 0.3) is 0 Å². The Bertz CT molecular complexity index is 279. The monoisotopic (exact) mass is 168 g/mol. The molecule has 0 unspecified atom stereocenters. The Hall–Kier alpha value is -1.92. The predicted octanol–water partition coefficient (Wildman–Crippen LogP) is 0.196. The van der Waals surface area contributed by atoms with Gasteiger partial charge in [-0.2, -0.15) is 0 Å². The van der Waals surface area contributed by atoms with Gasteiger partial charge in [-0.1, -0.05) is 5.22 Å². The summed E-state index contributed by atoms with van der Waals surface area (Å²) >= 11 is 0. The zero-order valence-electron chi connectivity index (χ0n) is 6.40. The molecule has 0 fully saturated rings. The quantitative estimate of drug-likeness (QED) is 0.340. The average Bonchev–Trinajstić information content (AvgIpc) is 2.50. The summed E-state index contributed by atoms with van der Waals surface area (Å²) in [5.41, 5.74) is 2.47. The topological polar surface area (TPSA) is 94.5 Å². The zero-order chi connectivity index (χ0) is 8.81. The molecule has 0 aromatic carbocycles. The molecule has 0 atom stereocenters. The van der Waals surface area contributed by atoms with E-state index in [0.717, 1.165) is 0 Å². The second kappa shape index (κ2) is 4.06. The van der Waals surface area contributed by atoms with Crippen molar-refractivity contribution in [3.05, 3.63) is 6.33 Å². The minimum atomic E-state index is 0.351. The summed E-state index contributed by atoms with van der Waals surface area (Å²) in [7, 11) is 1.62. The molecule has 0 radical (unpaired) electrons. The summed E-state index contributed by atoms with van der Waals surface area (Å²) in [4.78, 5) is 16.5. The van der Waals surface area contributed by atoms with Crippen LogP contribution < -0.4 is 10.7 Å². The van der Waals surface area contributed by atoms with E-state index in [0.29, 0.717) is 18.0 Å². The van der Waals surface area contributed by atoms with E-state index < -0.39 is 0 Å². The second-order valence-corrected chi connectivity index (χ2v) is 1.79. The van der Waals surface area contributed by atoms with E-state index in [1.54, 1.807) is 7.05 Å². The highest BCUT2D eigenvalue weighted by Crippen LogP contribution is 2.17. The molecule has 1 heterocycles. The molecule has 0 aliphatic carbocycles. The van der Waals surface area contributed by atoms with E-state index in [1.165, 1.54) is 6.33 Å². The van der Waals surface area contributed by atoms with E-state index in [2.05, 4.69) is 31.0 Å². The van der Waals surface area contributed by atoms with Gasteiger partial charge in [0.1, 0.15) is 0 Å². The number of aromatic amines is 1. The molecule has 3 N–H and O–H groups in total. The summed E-state index contributed by atoms with van der Waals surface area (Å²) in [6.45, 7) is 0. The van der Waals surface area contributed by atoms with Crippen molar-refractivity contribution in [2.24, 2.45) is 10.3 Å². The van der Waals surface area contributed by atoms with Crippen molar-refractivity contribution in [2.75, 3.05) is 12.4 Å². The van der Waals surface area contributed by atoms with Gasteiger partial charge in [-0.3, -0.25) is 10.2 Å². The van der Waals surface area contributed by atoms with Crippen LogP contribution in [0.2, 0.25) is 0 Å². The smallest absolute Gasteiger partial charge is 0.212 e. The number of hydrogen-bond donors (Lipinski definition) is 3. The van der Waals surface area contributed by atoms with Gasteiger partial charge in [0.05, 0.1) is 6.33 Å². The molecule has 7 nitrogen and oxygen atoms in total. The molecule has 0 saturated carbocycles. The number of imidazole rings is 1. The standard InChI is InChI=1S/C5H8N6O/c1-6-11-10-5-4(9-3-12)7-2-8-5/h2-3H,1H3,(H,6,10)(H,7,8)(H,9,12). The highest BCUT2D eigenvalue weighted by Gasteiger charge is 2.01. The number of H-pyrrole nitrogens is 1. The molecule has 0 aliphatic heterocycles. The number of nitrogens with one attached hydrogen (secondary N) is 3. The van der Waals surface area contributed by atoms with Crippen molar-refractivity contribution in [1.82, 2.24) is 15.4 Å². The van der Waals surface area contributed by atoms with E-state index in [4.69, 9.17) is 0 Å². The second-order valence-electron chi connectivity index (χ2n) is 1.79. The first-order valence-electron chi connectivity index (χ1n) is 3.19. The SMILES string of the molecule is CNN=Nc1[nH]cnc1NC=O. The van der Waals surface area contributed by atoms with Crippen molar-refractivity contribution >= 4 is 18.0 Å². The van der Waals surface area contributed by atoms with Gasteiger partial charge in [-0.25, -0.2) is 4.98 Å². The maximum absolute atomic E-state index is 10.0. The van der Waals surface area contributed by atoms with E-state index >= 15 is 0 Å². The molecule has 0 bridgehead atoms. The third-order valence-electron chi connectivity index (χ3n) is 1.06. The van der Waals surface area contributed by atoms with Gasteiger partial charge < -0.3 is 10.3 Å². The molecule has 1 aromatic heterocycles. The number of carbonyl (C=O) groups excluding carboxylic acids is 1. The fourth-order valence-electron chi connectivity index (χ4n) is 0.625. The lowest BCUT2D eigenvalue weighted by Gasteiger charge is -1.91. The van der Waals surface area contributed by atoms with E-state index in [1.807, 2.05) is 0 Å². The third-order valence-corrected chi connectivity index (χ3v) is 1.06. The van der Waals surface area contributed by atoms with Crippen LogP contribution in [-0.4, -0.2) is 23.4 Å². The summed E-state index contributed by atoms with van der Waals surface area (Å²) < 4.78 is 0. The molecule has 12 heavy (non-hydrogen) atoms. The Morgan fingerprint density at radius 2 is 2.58 bits per heavy atom. The Morgan fingerprint density at radius 3 is 3.25 bits per heavy atom. The maximum atomic E-state index is 10.0. The Balaban J connectivity index is 2.76. The van der Waals surface area contributed by atoms with Crippen LogP contribution in [0.4, 0.5) is 11.6 Å². The van der Waals surface area contributed by atoms with Gasteiger partial charge in [0, 0.05) is 7.05 Å². The van der Waals surface area contributed by atoms with Gasteiger partial charge in [0.2, 0.25) is 6.41 Å². The van der Waals surface area contributed by atoms with Crippen LogP contribution in [0.1, 0.15) is 0 Å². The molecule has 0 saturated heterocycles. The van der Waals surface area contributed by atoms with Gasteiger partial charge in [0.15, 0.2) is 11.6 Å². The minimum absolute atomic E-state index is 0.351. The number of rotatable bonds is 4. The van der Waals surface area contributed by atoms with Crippen molar-refractivity contribution in [3.63, 3.8) is 0 Å². The van der Waals surface area contributed by atoms with Gasteiger partial charge >= 0.3 is 0 Å². The van der Waals surface area contributed by atoms with Crippen LogP contribution in [0.3, 0.4) is 0 Å². The molecule has 1 rings (SSSR count). The summed E-state index contributed by atoms with van der Waals surface area (Å²) in [5.74, 6) is 0.750. The molecule has 0 aliphatic rings. The van der Waals surface area contributed by atoms with Crippen LogP contribution in [-0.2, 0) is 4.79 Å². The van der Waals surface area contributed by atoms with Crippen LogP contribution >= 0.6 is 0 Å². The zero-order valence-corrected chi connectivity index (χ0v) is 6.40. The van der Waals surface area contributed by atoms with Crippen molar-refractivity contribution in [1.29, 1.82) is 0 Å². The van der Waals surface area contributed by atoms with Crippen LogP contribution in [0, 0.1) is 0 Å². The van der Waals surface area contributed by atoms with E-state index in [-0.39, 0.29) is 0 Å². The normalized spacial score (nSPS) is 10.1. The predicted molar refractivity (Wildman–Crippen MR) is 41.9 cm³/mol. The number of aromatic nitrogens is 2. The Labute approximate surface area is 68.3 Å². The highest BCUT2D eigenvalue weighted by atomic mass is 16.1. The van der Waals surface area contributed by atoms with Gasteiger partial charge in [0.25, 0.3) is 0 Å². The molecular formula is C5H8N6O. The Morgan fingerprint density at radius 1 is 1.75 bits per heavy atom. The summed E-state index contributed by atoms with van der Waals surface area (Å²) in [6, 6.07) is 0. The number of carbonyl (C=O) groups is 1.